The van der Waals surface area contributed by atoms with Crippen molar-refractivity contribution in [3.8, 4) is 0 Å². The minimum absolute atomic E-state index is 0.114. The summed E-state index contributed by atoms with van der Waals surface area (Å²) < 4.78 is 16.1. The normalized spacial score (nSPS) is 18.9. The van der Waals surface area contributed by atoms with Gasteiger partial charge in [0, 0.05) is 18.7 Å². The van der Waals surface area contributed by atoms with Crippen molar-refractivity contribution in [3.63, 3.8) is 0 Å². The summed E-state index contributed by atoms with van der Waals surface area (Å²) in [5, 5.41) is 11.9. The van der Waals surface area contributed by atoms with Gasteiger partial charge < -0.3 is 29.5 Å². The van der Waals surface area contributed by atoms with Gasteiger partial charge in [-0.2, -0.15) is 0 Å². The molecule has 8 nitrogen and oxygen atoms in total. The SMILES string of the molecule is O=C(O)c1ccc(NC(=O)N2CCOCC2)c(C2OCCO2)c1. The lowest BCUT2D eigenvalue weighted by atomic mass is 10.1. The van der Waals surface area contributed by atoms with E-state index >= 15 is 0 Å². The molecule has 0 spiro atoms. The highest BCUT2D eigenvalue weighted by Crippen LogP contribution is 2.31. The van der Waals surface area contributed by atoms with Gasteiger partial charge in [-0.3, -0.25) is 0 Å². The predicted octanol–water partition coefficient (Wildman–Crippen LogP) is 1.29. The summed E-state index contributed by atoms with van der Waals surface area (Å²) in [6, 6.07) is 4.21. The van der Waals surface area contributed by atoms with Crippen LogP contribution in [0.15, 0.2) is 18.2 Å². The number of carboxylic acid groups (broad SMARTS) is 1. The Bertz CT molecular complexity index is 594. The molecule has 2 N–H and O–H groups in total. The summed E-state index contributed by atoms with van der Waals surface area (Å²) >= 11 is 0. The van der Waals surface area contributed by atoms with Crippen molar-refractivity contribution in [2.24, 2.45) is 0 Å². The van der Waals surface area contributed by atoms with E-state index in [-0.39, 0.29) is 11.6 Å². The van der Waals surface area contributed by atoms with Gasteiger partial charge in [0.15, 0.2) is 6.29 Å². The fraction of sp³-hybridized carbons (Fsp3) is 0.467. The third-order valence-corrected chi connectivity index (χ3v) is 3.71. The molecule has 0 radical (unpaired) electrons. The lowest BCUT2D eigenvalue weighted by molar-refractivity contribution is -0.0436. The monoisotopic (exact) mass is 322 g/mol. The maximum Gasteiger partial charge on any atom is 0.335 e. The second-order valence-corrected chi connectivity index (χ2v) is 5.21. The summed E-state index contributed by atoms with van der Waals surface area (Å²) in [5.74, 6) is -1.05. The van der Waals surface area contributed by atoms with E-state index < -0.39 is 12.3 Å². The maximum absolute atomic E-state index is 12.3. The standard InChI is InChI=1S/C15H18N2O6/c18-13(19)10-1-2-12(11(9-10)14-22-7-8-23-14)16-15(20)17-3-5-21-6-4-17/h1-2,9,14H,3-8H2,(H,16,20)(H,18,19). The Hall–Kier alpha value is -2.16. The number of hydrogen-bond donors (Lipinski definition) is 2. The van der Waals surface area contributed by atoms with E-state index in [9.17, 15) is 9.59 Å². The van der Waals surface area contributed by atoms with Crippen LogP contribution in [0.3, 0.4) is 0 Å². The molecule has 1 aromatic carbocycles. The van der Waals surface area contributed by atoms with Crippen molar-refractivity contribution in [3.05, 3.63) is 29.3 Å². The van der Waals surface area contributed by atoms with Crippen LogP contribution < -0.4 is 5.32 Å². The number of urea groups is 1. The number of carboxylic acids is 1. The number of nitrogens with one attached hydrogen (secondary N) is 1. The number of ether oxygens (including phenoxy) is 3. The molecule has 2 aliphatic heterocycles. The molecule has 0 bridgehead atoms. The van der Waals surface area contributed by atoms with Gasteiger partial charge in [0.25, 0.3) is 0 Å². The van der Waals surface area contributed by atoms with Crippen LogP contribution in [0.4, 0.5) is 10.5 Å². The third-order valence-electron chi connectivity index (χ3n) is 3.71. The molecule has 1 aromatic rings. The second kappa shape index (κ2) is 6.95. The number of morpholine rings is 1. The predicted molar refractivity (Wildman–Crippen MR) is 79.5 cm³/mol. The van der Waals surface area contributed by atoms with Gasteiger partial charge in [-0.1, -0.05) is 0 Å². The van der Waals surface area contributed by atoms with Gasteiger partial charge >= 0.3 is 12.0 Å². The summed E-state index contributed by atoms with van der Waals surface area (Å²) in [6.45, 7) is 2.91. The lowest BCUT2D eigenvalue weighted by Gasteiger charge is -2.27. The molecule has 0 aromatic heterocycles. The van der Waals surface area contributed by atoms with Crippen LogP contribution in [0, 0.1) is 0 Å². The number of hydrogen-bond acceptors (Lipinski definition) is 5. The fourth-order valence-corrected chi connectivity index (χ4v) is 2.50. The van der Waals surface area contributed by atoms with Crippen molar-refractivity contribution >= 4 is 17.7 Å². The molecule has 8 heteroatoms. The average Bonchev–Trinajstić information content (AvgIpc) is 3.10. The summed E-state index contributed by atoms with van der Waals surface area (Å²) in [5.41, 5.74) is 1.10. The van der Waals surface area contributed by atoms with E-state index in [2.05, 4.69) is 5.32 Å². The number of amides is 2. The molecule has 2 amide bonds. The average molecular weight is 322 g/mol. The number of rotatable bonds is 3. The van der Waals surface area contributed by atoms with E-state index in [1.54, 1.807) is 11.0 Å². The molecule has 23 heavy (non-hydrogen) atoms. The van der Waals surface area contributed by atoms with Gasteiger partial charge in [0.2, 0.25) is 0 Å². The zero-order valence-electron chi connectivity index (χ0n) is 12.5. The van der Waals surface area contributed by atoms with E-state index in [0.29, 0.717) is 50.8 Å². The number of carbonyl (C=O) groups excluding carboxylic acids is 1. The molecule has 0 saturated carbocycles. The Kier molecular flexibility index (Phi) is 4.75. The highest BCUT2D eigenvalue weighted by atomic mass is 16.7. The van der Waals surface area contributed by atoms with Gasteiger partial charge in [-0.05, 0) is 18.2 Å². The van der Waals surface area contributed by atoms with E-state index in [1.807, 2.05) is 0 Å². The Morgan fingerprint density at radius 2 is 1.83 bits per heavy atom. The summed E-state index contributed by atoms with van der Waals surface area (Å²) in [6.07, 6.45) is -0.672. The van der Waals surface area contributed by atoms with Gasteiger partial charge in [-0.15, -0.1) is 0 Å². The topological polar surface area (TPSA) is 97.3 Å². The van der Waals surface area contributed by atoms with Crippen LogP contribution in [-0.2, 0) is 14.2 Å². The molecular formula is C15H18N2O6. The van der Waals surface area contributed by atoms with Crippen molar-refractivity contribution in [2.75, 3.05) is 44.8 Å². The molecule has 2 aliphatic rings. The zero-order chi connectivity index (χ0) is 16.2. The fourth-order valence-electron chi connectivity index (χ4n) is 2.50. The maximum atomic E-state index is 12.3. The van der Waals surface area contributed by atoms with Crippen LogP contribution in [-0.4, -0.2) is 61.5 Å². The van der Waals surface area contributed by atoms with Crippen molar-refractivity contribution in [1.29, 1.82) is 0 Å². The smallest absolute Gasteiger partial charge is 0.335 e. The Labute approximate surface area is 132 Å². The van der Waals surface area contributed by atoms with Gasteiger partial charge in [0.05, 0.1) is 37.7 Å². The lowest BCUT2D eigenvalue weighted by Crippen LogP contribution is -2.43. The van der Waals surface area contributed by atoms with E-state index in [4.69, 9.17) is 19.3 Å². The zero-order valence-corrected chi connectivity index (χ0v) is 12.5. The second-order valence-electron chi connectivity index (χ2n) is 5.21. The van der Waals surface area contributed by atoms with Gasteiger partial charge in [0.1, 0.15) is 0 Å². The number of anilines is 1. The highest BCUT2D eigenvalue weighted by Gasteiger charge is 2.25. The van der Waals surface area contributed by atoms with Crippen LogP contribution >= 0.6 is 0 Å². The summed E-state index contributed by atoms with van der Waals surface area (Å²) in [4.78, 5) is 25.1. The van der Waals surface area contributed by atoms with Crippen molar-refractivity contribution < 1.29 is 28.9 Å². The van der Waals surface area contributed by atoms with Crippen molar-refractivity contribution in [2.45, 2.75) is 6.29 Å². The molecule has 124 valence electrons. The molecule has 0 unspecified atom stereocenters. The van der Waals surface area contributed by atoms with Gasteiger partial charge in [-0.25, -0.2) is 9.59 Å². The Balaban J connectivity index is 1.81. The molecule has 2 saturated heterocycles. The first-order valence-electron chi connectivity index (χ1n) is 7.39. The largest absolute Gasteiger partial charge is 0.478 e. The minimum atomic E-state index is -1.05. The first kappa shape index (κ1) is 15.7. The molecule has 2 heterocycles. The third kappa shape index (κ3) is 3.61. The number of carbonyl (C=O) groups is 2. The van der Waals surface area contributed by atoms with Crippen LogP contribution in [0.5, 0.6) is 0 Å². The first-order chi connectivity index (χ1) is 11.1. The molecule has 2 fully saturated rings. The summed E-state index contributed by atoms with van der Waals surface area (Å²) in [7, 11) is 0. The highest BCUT2D eigenvalue weighted by molar-refractivity contribution is 5.93. The molecule has 0 atom stereocenters. The molecule has 3 rings (SSSR count). The van der Waals surface area contributed by atoms with Crippen LogP contribution in [0.1, 0.15) is 22.2 Å². The number of benzene rings is 1. The Morgan fingerprint density at radius 3 is 2.48 bits per heavy atom. The molecular weight excluding hydrogens is 304 g/mol. The van der Waals surface area contributed by atoms with E-state index in [1.165, 1.54) is 12.1 Å². The van der Waals surface area contributed by atoms with Crippen LogP contribution in [0.2, 0.25) is 0 Å². The first-order valence-corrected chi connectivity index (χ1v) is 7.39. The van der Waals surface area contributed by atoms with E-state index in [0.717, 1.165) is 0 Å². The minimum Gasteiger partial charge on any atom is -0.478 e. The number of aromatic carboxylic acids is 1. The van der Waals surface area contributed by atoms with Crippen molar-refractivity contribution in [1.82, 2.24) is 4.90 Å². The number of nitrogens with zero attached hydrogens (tertiary/aromatic N) is 1. The quantitative estimate of drug-likeness (QED) is 0.870. The molecule has 0 aliphatic carbocycles. The Morgan fingerprint density at radius 1 is 1.13 bits per heavy atom. The van der Waals surface area contributed by atoms with Crippen LogP contribution in [0.25, 0.3) is 0 Å².